The molecule has 0 saturated carbocycles. The molecule has 2 fully saturated rings. The van der Waals surface area contributed by atoms with Crippen molar-refractivity contribution in [1.29, 1.82) is 0 Å². The first kappa shape index (κ1) is 12.8. The summed E-state index contributed by atoms with van der Waals surface area (Å²) in [6.07, 6.45) is 5.46. The molecule has 0 unspecified atom stereocenters. The number of likely N-dealkylation sites (tertiary alicyclic amines) is 1. The van der Waals surface area contributed by atoms with Crippen LogP contribution in [0.2, 0.25) is 0 Å². The highest BCUT2D eigenvalue weighted by molar-refractivity contribution is 5.76. The van der Waals surface area contributed by atoms with Crippen LogP contribution in [0.25, 0.3) is 0 Å². The fraction of sp³-hybridized carbons (Fsp3) is 0.923. The third-order valence-electron chi connectivity index (χ3n) is 3.78. The molecule has 0 radical (unpaired) electrons. The first-order valence-electron chi connectivity index (χ1n) is 7.07. The topological polar surface area (TPSA) is 35.6 Å². The summed E-state index contributed by atoms with van der Waals surface area (Å²) in [6, 6.07) is 0. The van der Waals surface area contributed by atoms with E-state index in [4.69, 9.17) is 0 Å². The lowest BCUT2D eigenvalue weighted by molar-refractivity contribution is -0.132. The van der Waals surface area contributed by atoms with Crippen molar-refractivity contribution < 1.29 is 4.79 Å². The van der Waals surface area contributed by atoms with E-state index in [1.54, 1.807) is 0 Å². The van der Waals surface area contributed by atoms with Gasteiger partial charge in [-0.2, -0.15) is 0 Å². The van der Waals surface area contributed by atoms with Gasteiger partial charge < -0.3 is 15.1 Å². The molecule has 0 atom stereocenters. The standard InChI is InChI=1S/C13H25N3O/c17-13(16-9-2-1-3-10-16)5-4-8-15-11-6-14-7-12-15/h14H,1-12H2. The van der Waals surface area contributed by atoms with E-state index in [2.05, 4.69) is 15.1 Å². The number of piperidine rings is 1. The van der Waals surface area contributed by atoms with E-state index >= 15 is 0 Å². The van der Waals surface area contributed by atoms with Gasteiger partial charge in [0.2, 0.25) is 5.91 Å². The van der Waals surface area contributed by atoms with E-state index in [1.807, 2.05) is 0 Å². The Morgan fingerprint density at radius 2 is 1.71 bits per heavy atom. The van der Waals surface area contributed by atoms with Crippen LogP contribution in [0, 0.1) is 0 Å². The fourth-order valence-corrected chi connectivity index (χ4v) is 2.69. The Balaban J connectivity index is 1.58. The molecule has 2 heterocycles. The molecule has 4 heteroatoms. The number of nitrogens with one attached hydrogen (secondary N) is 1. The molecule has 2 rings (SSSR count). The van der Waals surface area contributed by atoms with Gasteiger partial charge in [0.05, 0.1) is 0 Å². The van der Waals surface area contributed by atoms with Crippen molar-refractivity contribution in [2.75, 3.05) is 45.8 Å². The number of hydrogen-bond acceptors (Lipinski definition) is 3. The molecule has 2 aliphatic rings. The van der Waals surface area contributed by atoms with Crippen molar-refractivity contribution in [3.05, 3.63) is 0 Å². The summed E-state index contributed by atoms with van der Waals surface area (Å²) in [5, 5.41) is 3.35. The maximum absolute atomic E-state index is 11.9. The van der Waals surface area contributed by atoms with E-state index in [9.17, 15) is 4.79 Å². The zero-order valence-corrected chi connectivity index (χ0v) is 10.8. The van der Waals surface area contributed by atoms with Crippen LogP contribution in [0.5, 0.6) is 0 Å². The predicted molar refractivity (Wildman–Crippen MR) is 69.0 cm³/mol. The Kier molecular flexibility index (Phi) is 5.26. The predicted octanol–water partition coefficient (Wildman–Crippen LogP) is 0.684. The number of piperazine rings is 1. The largest absolute Gasteiger partial charge is 0.343 e. The van der Waals surface area contributed by atoms with Gasteiger partial charge >= 0.3 is 0 Å². The number of carbonyl (C=O) groups is 1. The summed E-state index contributed by atoms with van der Waals surface area (Å²) in [5.41, 5.74) is 0. The monoisotopic (exact) mass is 239 g/mol. The maximum atomic E-state index is 11.9. The van der Waals surface area contributed by atoms with Gasteiger partial charge in [0.15, 0.2) is 0 Å². The highest BCUT2D eigenvalue weighted by Crippen LogP contribution is 2.10. The summed E-state index contributed by atoms with van der Waals surface area (Å²) >= 11 is 0. The minimum Gasteiger partial charge on any atom is -0.343 e. The van der Waals surface area contributed by atoms with E-state index in [1.165, 1.54) is 19.3 Å². The Morgan fingerprint density at radius 3 is 2.41 bits per heavy atom. The van der Waals surface area contributed by atoms with Crippen molar-refractivity contribution in [2.24, 2.45) is 0 Å². The van der Waals surface area contributed by atoms with Crippen molar-refractivity contribution in [3.8, 4) is 0 Å². The Bertz CT molecular complexity index is 233. The van der Waals surface area contributed by atoms with Crippen LogP contribution < -0.4 is 5.32 Å². The summed E-state index contributed by atoms with van der Waals surface area (Å²) in [5.74, 6) is 0.375. The maximum Gasteiger partial charge on any atom is 0.222 e. The van der Waals surface area contributed by atoms with Crippen molar-refractivity contribution in [1.82, 2.24) is 15.1 Å². The molecule has 0 aromatic carbocycles. The first-order valence-corrected chi connectivity index (χ1v) is 7.07. The average molecular weight is 239 g/mol. The molecular weight excluding hydrogens is 214 g/mol. The lowest BCUT2D eigenvalue weighted by atomic mass is 10.1. The molecule has 4 nitrogen and oxygen atoms in total. The molecule has 2 aliphatic heterocycles. The zero-order chi connectivity index (χ0) is 11.9. The summed E-state index contributed by atoms with van der Waals surface area (Å²) in [6.45, 7) is 7.54. The van der Waals surface area contributed by atoms with Gasteiger partial charge in [0, 0.05) is 45.7 Å². The molecule has 0 spiro atoms. The molecule has 0 bridgehead atoms. The number of hydrogen-bond donors (Lipinski definition) is 1. The molecular formula is C13H25N3O. The Hall–Kier alpha value is -0.610. The third-order valence-corrected chi connectivity index (χ3v) is 3.78. The van der Waals surface area contributed by atoms with Gasteiger partial charge in [-0.05, 0) is 32.2 Å². The van der Waals surface area contributed by atoms with E-state index in [0.717, 1.165) is 58.7 Å². The number of amides is 1. The third kappa shape index (κ3) is 4.28. The molecule has 0 aromatic heterocycles. The van der Waals surface area contributed by atoms with E-state index in [-0.39, 0.29) is 0 Å². The minimum atomic E-state index is 0.375. The molecule has 1 amide bonds. The van der Waals surface area contributed by atoms with Gasteiger partial charge in [-0.1, -0.05) is 0 Å². The normalized spacial score (nSPS) is 22.7. The molecule has 17 heavy (non-hydrogen) atoms. The van der Waals surface area contributed by atoms with E-state index in [0.29, 0.717) is 5.91 Å². The van der Waals surface area contributed by atoms with Crippen LogP contribution in [0.15, 0.2) is 0 Å². The number of rotatable bonds is 4. The number of carbonyl (C=O) groups excluding carboxylic acids is 1. The van der Waals surface area contributed by atoms with Crippen LogP contribution in [0.4, 0.5) is 0 Å². The van der Waals surface area contributed by atoms with Gasteiger partial charge in [0.1, 0.15) is 0 Å². The smallest absolute Gasteiger partial charge is 0.222 e. The van der Waals surface area contributed by atoms with Crippen LogP contribution in [-0.2, 0) is 4.79 Å². The van der Waals surface area contributed by atoms with Crippen LogP contribution in [0.3, 0.4) is 0 Å². The minimum absolute atomic E-state index is 0.375. The summed E-state index contributed by atoms with van der Waals surface area (Å²) in [4.78, 5) is 16.4. The lowest BCUT2D eigenvalue weighted by Crippen LogP contribution is -2.44. The summed E-state index contributed by atoms with van der Waals surface area (Å²) < 4.78 is 0. The van der Waals surface area contributed by atoms with Crippen LogP contribution >= 0.6 is 0 Å². The molecule has 1 N–H and O–H groups in total. The first-order chi connectivity index (χ1) is 8.36. The van der Waals surface area contributed by atoms with Gasteiger partial charge in [-0.15, -0.1) is 0 Å². The van der Waals surface area contributed by atoms with Crippen LogP contribution in [0.1, 0.15) is 32.1 Å². The van der Waals surface area contributed by atoms with Crippen molar-refractivity contribution >= 4 is 5.91 Å². The van der Waals surface area contributed by atoms with Crippen LogP contribution in [-0.4, -0.2) is 61.5 Å². The molecule has 2 saturated heterocycles. The summed E-state index contributed by atoms with van der Waals surface area (Å²) in [7, 11) is 0. The SMILES string of the molecule is O=C(CCCN1CCNCC1)N1CCCCC1. The van der Waals surface area contributed by atoms with Gasteiger partial charge in [0.25, 0.3) is 0 Å². The number of nitrogens with zero attached hydrogens (tertiary/aromatic N) is 2. The van der Waals surface area contributed by atoms with Gasteiger partial charge in [-0.25, -0.2) is 0 Å². The zero-order valence-electron chi connectivity index (χ0n) is 10.8. The van der Waals surface area contributed by atoms with Gasteiger partial charge in [-0.3, -0.25) is 4.79 Å². The van der Waals surface area contributed by atoms with Crippen molar-refractivity contribution in [2.45, 2.75) is 32.1 Å². The average Bonchev–Trinajstić information content (AvgIpc) is 2.41. The highest BCUT2D eigenvalue weighted by atomic mass is 16.2. The van der Waals surface area contributed by atoms with Crippen molar-refractivity contribution in [3.63, 3.8) is 0 Å². The Morgan fingerprint density at radius 1 is 1.00 bits per heavy atom. The fourth-order valence-electron chi connectivity index (χ4n) is 2.69. The Labute approximate surface area is 104 Å². The molecule has 0 aromatic rings. The molecule has 98 valence electrons. The lowest BCUT2D eigenvalue weighted by Gasteiger charge is -2.29. The second-order valence-corrected chi connectivity index (χ2v) is 5.14. The molecule has 0 aliphatic carbocycles. The second-order valence-electron chi connectivity index (χ2n) is 5.14. The quantitative estimate of drug-likeness (QED) is 0.784. The van der Waals surface area contributed by atoms with E-state index < -0.39 is 0 Å². The highest BCUT2D eigenvalue weighted by Gasteiger charge is 2.16. The second kappa shape index (κ2) is 6.97.